The Labute approximate surface area is 181 Å². The summed E-state index contributed by atoms with van der Waals surface area (Å²) in [5.74, 6) is 0. The van der Waals surface area contributed by atoms with Crippen LogP contribution in [0.2, 0.25) is 5.02 Å². The number of benzene rings is 2. The first-order chi connectivity index (χ1) is 14.7. The number of nitrogens with zero attached hydrogens (tertiary/aromatic N) is 2. The SMILES string of the molecule is Clc1cc2[nH]c(OC3CO[C@@H]4CCO[C@H]34)nc2cc1-c1ccc(-c2cscn2)cc1. The molecule has 4 aromatic rings. The smallest absolute Gasteiger partial charge is 0.295 e. The minimum absolute atomic E-state index is 0.0198. The lowest BCUT2D eigenvalue weighted by molar-refractivity contribution is 0.0273. The van der Waals surface area contributed by atoms with Crippen molar-refractivity contribution in [2.75, 3.05) is 13.2 Å². The van der Waals surface area contributed by atoms with Gasteiger partial charge in [0, 0.05) is 23.1 Å². The van der Waals surface area contributed by atoms with Gasteiger partial charge in [0.15, 0.2) is 6.10 Å². The first kappa shape index (κ1) is 18.3. The average molecular weight is 440 g/mol. The maximum atomic E-state index is 6.59. The van der Waals surface area contributed by atoms with Crippen LogP contribution in [0.3, 0.4) is 0 Å². The van der Waals surface area contributed by atoms with E-state index in [1.165, 1.54) is 0 Å². The maximum absolute atomic E-state index is 6.59. The summed E-state index contributed by atoms with van der Waals surface area (Å²) in [5, 5.41) is 2.69. The fourth-order valence-electron chi connectivity index (χ4n) is 4.13. The van der Waals surface area contributed by atoms with Gasteiger partial charge in [-0.3, -0.25) is 0 Å². The fourth-order valence-corrected chi connectivity index (χ4v) is 4.97. The van der Waals surface area contributed by atoms with Gasteiger partial charge in [0.25, 0.3) is 6.01 Å². The van der Waals surface area contributed by atoms with Gasteiger partial charge in [-0.15, -0.1) is 11.3 Å². The Morgan fingerprint density at radius 2 is 2.00 bits per heavy atom. The zero-order valence-electron chi connectivity index (χ0n) is 15.9. The highest BCUT2D eigenvalue weighted by molar-refractivity contribution is 7.07. The van der Waals surface area contributed by atoms with Crippen molar-refractivity contribution in [1.82, 2.24) is 15.0 Å². The third kappa shape index (κ3) is 3.18. The summed E-state index contributed by atoms with van der Waals surface area (Å²) < 4.78 is 17.6. The molecule has 30 heavy (non-hydrogen) atoms. The number of halogens is 1. The van der Waals surface area contributed by atoms with Gasteiger partial charge in [-0.25, -0.2) is 4.98 Å². The number of imidazole rings is 1. The number of nitrogens with one attached hydrogen (secondary N) is 1. The number of aromatic amines is 1. The van der Waals surface area contributed by atoms with Gasteiger partial charge >= 0.3 is 0 Å². The minimum Gasteiger partial charge on any atom is -0.456 e. The van der Waals surface area contributed by atoms with Gasteiger partial charge in [0.1, 0.15) is 6.10 Å². The van der Waals surface area contributed by atoms with Crippen molar-refractivity contribution in [3.63, 3.8) is 0 Å². The standard InChI is InChI=1S/C22H18ClN3O3S/c23-15-8-17-16(25-22(26-17)29-20-9-28-19-5-6-27-21(19)20)7-14(15)12-1-3-13(4-2-12)18-10-30-11-24-18/h1-4,7-8,10-11,19-21H,5-6,9H2,(H,25,26)/t19-,20?,21+/m1/s1. The van der Waals surface area contributed by atoms with Crippen LogP contribution < -0.4 is 4.74 Å². The molecule has 2 aliphatic heterocycles. The summed E-state index contributed by atoms with van der Waals surface area (Å²) in [5.41, 5.74) is 7.48. The summed E-state index contributed by atoms with van der Waals surface area (Å²) in [7, 11) is 0. The molecule has 1 N–H and O–H groups in total. The molecule has 1 unspecified atom stereocenters. The number of thiazole rings is 1. The molecule has 0 aliphatic carbocycles. The van der Waals surface area contributed by atoms with Crippen molar-refractivity contribution < 1.29 is 14.2 Å². The molecule has 2 fully saturated rings. The van der Waals surface area contributed by atoms with Crippen LogP contribution in [0.1, 0.15) is 6.42 Å². The van der Waals surface area contributed by atoms with Gasteiger partial charge in [-0.05, 0) is 24.1 Å². The highest BCUT2D eigenvalue weighted by Crippen LogP contribution is 2.34. The van der Waals surface area contributed by atoms with E-state index in [1.54, 1.807) is 11.3 Å². The second kappa shape index (κ2) is 7.35. The lowest BCUT2D eigenvalue weighted by Gasteiger charge is -2.15. The molecule has 8 heteroatoms. The maximum Gasteiger partial charge on any atom is 0.295 e. The largest absolute Gasteiger partial charge is 0.456 e. The van der Waals surface area contributed by atoms with E-state index in [0.717, 1.165) is 46.4 Å². The highest BCUT2D eigenvalue weighted by atomic mass is 35.5. The van der Waals surface area contributed by atoms with E-state index in [4.69, 9.17) is 25.8 Å². The number of fused-ring (bicyclic) bond motifs is 2. The van der Waals surface area contributed by atoms with Crippen LogP contribution in [0.5, 0.6) is 6.01 Å². The van der Waals surface area contributed by atoms with Crippen molar-refractivity contribution in [2.24, 2.45) is 0 Å². The summed E-state index contributed by atoms with van der Waals surface area (Å²) in [6.07, 6.45) is 0.887. The van der Waals surface area contributed by atoms with Gasteiger partial charge in [-0.2, -0.15) is 4.98 Å². The third-order valence-corrected chi connectivity index (χ3v) is 6.56. The quantitative estimate of drug-likeness (QED) is 0.487. The highest BCUT2D eigenvalue weighted by Gasteiger charge is 2.43. The molecule has 2 saturated heterocycles. The number of H-pyrrole nitrogens is 1. The lowest BCUT2D eigenvalue weighted by atomic mass is 10.0. The molecule has 2 aliphatic rings. The Balaban J connectivity index is 1.28. The zero-order valence-corrected chi connectivity index (χ0v) is 17.4. The number of hydrogen-bond acceptors (Lipinski definition) is 6. The molecule has 4 heterocycles. The normalized spacial score (nSPS) is 23.2. The Morgan fingerprint density at radius 1 is 1.13 bits per heavy atom. The molecule has 6 nitrogen and oxygen atoms in total. The molecule has 0 spiro atoms. The topological polar surface area (TPSA) is 69.3 Å². The molecular weight excluding hydrogens is 422 g/mol. The second-order valence-electron chi connectivity index (χ2n) is 7.49. The molecule has 0 radical (unpaired) electrons. The molecular formula is C22H18ClN3O3S. The Bertz CT molecular complexity index is 1190. The summed E-state index contributed by atoms with van der Waals surface area (Å²) in [6, 6.07) is 12.6. The Hall–Kier alpha value is -2.45. The number of ether oxygens (including phenoxy) is 3. The average Bonchev–Trinajstić information content (AvgIpc) is 3.54. The van der Waals surface area contributed by atoms with E-state index >= 15 is 0 Å². The molecule has 152 valence electrons. The predicted octanol–water partition coefficient (Wildman–Crippen LogP) is 4.94. The minimum atomic E-state index is -0.147. The van der Waals surface area contributed by atoms with Crippen LogP contribution in [0.15, 0.2) is 47.3 Å². The van der Waals surface area contributed by atoms with Crippen LogP contribution >= 0.6 is 22.9 Å². The van der Waals surface area contributed by atoms with Crippen molar-refractivity contribution in [1.29, 1.82) is 0 Å². The van der Waals surface area contributed by atoms with E-state index in [-0.39, 0.29) is 18.3 Å². The molecule has 2 aromatic carbocycles. The van der Waals surface area contributed by atoms with Crippen LogP contribution in [-0.4, -0.2) is 46.5 Å². The van der Waals surface area contributed by atoms with Crippen LogP contribution in [0.25, 0.3) is 33.4 Å². The van der Waals surface area contributed by atoms with Crippen molar-refractivity contribution >= 4 is 34.0 Å². The van der Waals surface area contributed by atoms with Crippen LogP contribution in [-0.2, 0) is 9.47 Å². The van der Waals surface area contributed by atoms with Crippen molar-refractivity contribution in [2.45, 2.75) is 24.7 Å². The zero-order chi connectivity index (χ0) is 20.1. The van der Waals surface area contributed by atoms with E-state index in [2.05, 4.69) is 39.2 Å². The number of hydrogen-bond donors (Lipinski definition) is 1. The molecule has 3 atom stereocenters. The van der Waals surface area contributed by atoms with Crippen molar-refractivity contribution in [3.8, 4) is 28.4 Å². The Kier molecular flexibility index (Phi) is 4.49. The second-order valence-corrected chi connectivity index (χ2v) is 8.62. The summed E-state index contributed by atoms with van der Waals surface area (Å²) in [6.45, 7) is 1.24. The van der Waals surface area contributed by atoms with Crippen molar-refractivity contribution in [3.05, 3.63) is 52.3 Å². The number of aromatic nitrogens is 3. The van der Waals surface area contributed by atoms with E-state index < -0.39 is 0 Å². The molecule has 6 rings (SSSR count). The van der Waals surface area contributed by atoms with E-state index in [0.29, 0.717) is 17.6 Å². The monoisotopic (exact) mass is 439 g/mol. The summed E-state index contributed by atoms with van der Waals surface area (Å²) >= 11 is 8.18. The first-order valence-electron chi connectivity index (χ1n) is 9.83. The van der Waals surface area contributed by atoms with Gasteiger partial charge in [0.05, 0.1) is 40.0 Å². The van der Waals surface area contributed by atoms with Crippen LogP contribution in [0, 0.1) is 0 Å². The summed E-state index contributed by atoms with van der Waals surface area (Å²) in [4.78, 5) is 12.2. The van der Waals surface area contributed by atoms with Crippen LogP contribution in [0.4, 0.5) is 0 Å². The van der Waals surface area contributed by atoms with Gasteiger partial charge in [-0.1, -0.05) is 35.9 Å². The molecule has 0 saturated carbocycles. The first-order valence-corrected chi connectivity index (χ1v) is 11.1. The van der Waals surface area contributed by atoms with E-state index in [9.17, 15) is 0 Å². The third-order valence-electron chi connectivity index (χ3n) is 5.66. The predicted molar refractivity (Wildman–Crippen MR) is 116 cm³/mol. The number of rotatable bonds is 4. The van der Waals surface area contributed by atoms with E-state index in [1.807, 2.05) is 23.0 Å². The fraction of sp³-hybridized carbons (Fsp3) is 0.273. The van der Waals surface area contributed by atoms with Gasteiger partial charge < -0.3 is 19.2 Å². The van der Waals surface area contributed by atoms with Gasteiger partial charge in [0.2, 0.25) is 0 Å². The Morgan fingerprint density at radius 3 is 2.83 bits per heavy atom. The molecule has 0 bridgehead atoms. The lowest BCUT2D eigenvalue weighted by Crippen LogP contribution is -2.32. The molecule has 0 amide bonds. The molecule has 2 aromatic heterocycles.